The van der Waals surface area contributed by atoms with Crippen LogP contribution in [0, 0.1) is 17.8 Å². The zero-order chi connectivity index (χ0) is 14.7. The quantitative estimate of drug-likeness (QED) is 0.852. The molecule has 0 aromatic rings. The lowest BCUT2D eigenvalue weighted by Gasteiger charge is -2.25. The van der Waals surface area contributed by atoms with Gasteiger partial charge in [0.05, 0.1) is 6.04 Å². The van der Waals surface area contributed by atoms with Crippen molar-refractivity contribution in [3.05, 3.63) is 0 Å². The monoisotopic (exact) mass is 302 g/mol. The van der Waals surface area contributed by atoms with Crippen LogP contribution < -0.4 is 5.32 Å². The van der Waals surface area contributed by atoms with Crippen LogP contribution in [0.4, 0.5) is 8.78 Å². The topological polar surface area (TPSA) is 41.5 Å². The van der Waals surface area contributed by atoms with Gasteiger partial charge in [0.25, 0.3) is 5.92 Å². The van der Waals surface area contributed by atoms with Gasteiger partial charge in [-0.2, -0.15) is 0 Å². The summed E-state index contributed by atoms with van der Waals surface area (Å²) >= 11 is 1.45. The van der Waals surface area contributed by atoms with E-state index in [0.29, 0.717) is 18.0 Å². The van der Waals surface area contributed by atoms with Crippen molar-refractivity contribution in [2.24, 2.45) is 22.7 Å². The highest BCUT2D eigenvalue weighted by Crippen LogP contribution is 2.55. The molecule has 2 saturated carbocycles. The predicted octanol–water partition coefficient (Wildman–Crippen LogP) is 3.05. The van der Waals surface area contributed by atoms with Crippen molar-refractivity contribution < 1.29 is 13.6 Å². The number of rotatable bonds is 2. The first kappa shape index (κ1) is 14.3. The fraction of sp³-hybridized carbons (Fsp3) is 0.857. The number of amides is 1. The smallest absolute Gasteiger partial charge is 0.251 e. The Kier molecular flexibility index (Phi) is 3.16. The van der Waals surface area contributed by atoms with E-state index in [1.165, 1.54) is 11.8 Å². The van der Waals surface area contributed by atoms with Crippen LogP contribution in [0.1, 0.15) is 40.0 Å². The van der Waals surface area contributed by atoms with Crippen LogP contribution in [0.25, 0.3) is 0 Å². The van der Waals surface area contributed by atoms with Crippen LogP contribution in [0.3, 0.4) is 0 Å². The van der Waals surface area contributed by atoms with Gasteiger partial charge in [0.15, 0.2) is 5.17 Å². The zero-order valence-corrected chi connectivity index (χ0v) is 12.8. The molecule has 2 aliphatic carbocycles. The summed E-state index contributed by atoms with van der Waals surface area (Å²) in [5, 5.41) is 3.44. The van der Waals surface area contributed by atoms with Crippen LogP contribution in [-0.2, 0) is 4.79 Å². The number of carbonyl (C=O) groups is 1. The summed E-state index contributed by atoms with van der Waals surface area (Å²) in [6.07, 6.45) is 0.990. The Balaban J connectivity index is 1.72. The Hall–Kier alpha value is -0.650. The number of thioether (sulfide) groups is 1. The number of nitrogens with one attached hydrogen (secondary N) is 1. The van der Waals surface area contributed by atoms with Gasteiger partial charge < -0.3 is 5.32 Å². The summed E-state index contributed by atoms with van der Waals surface area (Å²) < 4.78 is 26.5. The Morgan fingerprint density at radius 2 is 2.10 bits per heavy atom. The molecule has 0 aromatic heterocycles. The molecule has 3 fully saturated rings. The predicted molar refractivity (Wildman–Crippen MR) is 76.0 cm³/mol. The summed E-state index contributed by atoms with van der Waals surface area (Å²) in [5.41, 5.74) is 0. The van der Waals surface area contributed by atoms with E-state index in [-0.39, 0.29) is 30.2 Å². The highest BCUT2D eigenvalue weighted by molar-refractivity contribution is 8.16. The van der Waals surface area contributed by atoms with Crippen molar-refractivity contribution in [2.75, 3.05) is 0 Å². The minimum atomic E-state index is -2.50. The van der Waals surface area contributed by atoms with Crippen LogP contribution in [-0.4, -0.2) is 27.8 Å². The molecule has 1 N–H and O–H groups in total. The number of aliphatic imine (C=N–C) groups is 1. The standard InChI is InChI=1S/C14H20F2N2OS/c1-7(2)13(3)11(19)18-12(20-13)17-10-5-9-4-8(10)6-14(9,15)16/h7-10H,4-6H2,1-3H3,(H,17,18,19)/t8?,9-,10+,13+/m1/s1. The first-order valence-electron chi connectivity index (χ1n) is 7.18. The summed E-state index contributed by atoms with van der Waals surface area (Å²) in [6, 6.07) is -0.0445. The molecule has 0 spiro atoms. The molecule has 0 aromatic carbocycles. The molecule has 4 atom stereocenters. The third-order valence-corrected chi connectivity index (χ3v) is 6.64. The van der Waals surface area contributed by atoms with Crippen LogP contribution >= 0.6 is 11.8 Å². The van der Waals surface area contributed by atoms with Gasteiger partial charge in [0.2, 0.25) is 5.91 Å². The molecule has 0 radical (unpaired) electrons. The molecular weight excluding hydrogens is 282 g/mol. The van der Waals surface area contributed by atoms with E-state index < -0.39 is 16.6 Å². The van der Waals surface area contributed by atoms with Crippen molar-refractivity contribution >= 4 is 22.8 Å². The number of nitrogens with zero attached hydrogens (tertiary/aromatic N) is 1. The summed E-state index contributed by atoms with van der Waals surface area (Å²) in [7, 11) is 0. The fourth-order valence-electron chi connectivity index (χ4n) is 3.42. The second-order valence-corrected chi connectivity index (χ2v) is 8.15. The van der Waals surface area contributed by atoms with E-state index in [1.54, 1.807) is 0 Å². The summed E-state index contributed by atoms with van der Waals surface area (Å²) in [4.78, 5) is 16.6. The zero-order valence-electron chi connectivity index (χ0n) is 12.0. The highest BCUT2D eigenvalue weighted by atomic mass is 32.2. The van der Waals surface area contributed by atoms with E-state index in [2.05, 4.69) is 10.3 Å². The summed E-state index contributed by atoms with van der Waals surface area (Å²) in [6.45, 7) is 5.93. The lowest BCUT2D eigenvalue weighted by atomic mass is 9.93. The SMILES string of the molecule is CC(C)[C@]1(C)SC(=N[C@H]2C[C@H]3CC2CC3(F)F)NC1=O. The number of carbonyl (C=O) groups excluding carboxylic acids is 1. The molecular formula is C14H20F2N2OS. The second kappa shape index (κ2) is 4.42. The number of hydrogen-bond donors (Lipinski definition) is 1. The molecule has 3 nitrogen and oxygen atoms in total. The average Bonchev–Trinajstić information content (AvgIpc) is 2.91. The Bertz CT molecular complexity index is 480. The Labute approximate surface area is 122 Å². The molecule has 3 aliphatic rings. The minimum absolute atomic E-state index is 0.0223. The maximum atomic E-state index is 13.5. The molecule has 1 unspecified atom stereocenters. The minimum Gasteiger partial charge on any atom is -0.304 e. The normalized spacial score (nSPS) is 44.6. The first-order valence-corrected chi connectivity index (χ1v) is 8.00. The first-order chi connectivity index (χ1) is 9.22. The van der Waals surface area contributed by atoms with Gasteiger partial charge in [0.1, 0.15) is 4.75 Å². The molecule has 3 rings (SSSR count). The van der Waals surface area contributed by atoms with Crippen molar-refractivity contribution in [1.29, 1.82) is 0 Å². The van der Waals surface area contributed by atoms with Gasteiger partial charge in [-0.3, -0.25) is 9.79 Å². The molecule has 1 saturated heterocycles. The van der Waals surface area contributed by atoms with Gasteiger partial charge in [0, 0.05) is 12.3 Å². The molecule has 6 heteroatoms. The lowest BCUT2D eigenvalue weighted by Crippen LogP contribution is -2.38. The Morgan fingerprint density at radius 3 is 2.55 bits per heavy atom. The highest BCUT2D eigenvalue weighted by Gasteiger charge is 2.57. The molecule has 1 amide bonds. The van der Waals surface area contributed by atoms with Gasteiger partial charge in [-0.1, -0.05) is 25.6 Å². The maximum absolute atomic E-state index is 13.5. The fourth-order valence-corrected chi connectivity index (χ4v) is 4.54. The van der Waals surface area contributed by atoms with Crippen molar-refractivity contribution in [3.8, 4) is 0 Å². The maximum Gasteiger partial charge on any atom is 0.251 e. The molecule has 112 valence electrons. The van der Waals surface area contributed by atoms with Gasteiger partial charge in [-0.05, 0) is 31.6 Å². The van der Waals surface area contributed by atoms with Crippen LogP contribution in [0.2, 0.25) is 0 Å². The summed E-state index contributed by atoms with van der Waals surface area (Å²) in [5.74, 6) is -2.86. The molecule has 20 heavy (non-hydrogen) atoms. The lowest BCUT2D eigenvalue weighted by molar-refractivity contribution is -0.122. The van der Waals surface area contributed by atoms with Crippen molar-refractivity contribution in [3.63, 3.8) is 0 Å². The van der Waals surface area contributed by atoms with Gasteiger partial charge >= 0.3 is 0 Å². The van der Waals surface area contributed by atoms with Crippen molar-refractivity contribution in [2.45, 2.75) is 56.7 Å². The van der Waals surface area contributed by atoms with E-state index in [1.807, 2.05) is 20.8 Å². The van der Waals surface area contributed by atoms with E-state index >= 15 is 0 Å². The third-order valence-electron chi connectivity index (χ3n) is 5.15. The molecule has 2 bridgehead atoms. The number of halogens is 2. The second-order valence-electron chi connectivity index (χ2n) is 6.71. The third kappa shape index (κ3) is 2.07. The number of amidine groups is 1. The Morgan fingerprint density at radius 1 is 1.40 bits per heavy atom. The van der Waals surface area contributed by atoms with Crippen LogP contribution in [0.5, 0.6) is 0 Å². The number of alkyl halides is 2. The molecule has 1 aliphatic heterocycles. The van der Waals surface area contributed by atoms with E-state index in [0.717, 1.165) is 0 Å². The van der Waals surface area contributed by atoms with E-state index in [9.17, 15) is 13.6 Å². The van der Waals surface area contributed by atoms with Crippen molar-refractivity contribution in [1.82, 2.24) is 5.32 Å². The number of hydrogen-bond acceptors (Lipinski definition) is 3. The average molecular weight is 302 g/mol. The number of fused-ring (bicyclic) bond motifs is 2. The molecule has 1 heterocycles. The van der Waals surface area contributed by atoms with Gasteiger partial charge in [-0.25, -0.2) is 8.78 Å². The van der Waals surface area contributed by atoms with Gasteiger partial charge in [-0.15, -0.1) is 0 Å². The van der Waals surface area contributed by atoms with E-state index in [4.69, 9.17) is 0 Å². The largest absolute Gasteiger partial charge is 0.304 e. The van der Waals surface area contributed by atoms with Crippen LogP contribution in [0.15, 0.2) is 4.99 Å².